The summed E-state index contributed by atoms with van der Waals surface area (Å²) in [6.45, 7) is 4.62. The zero-order chi connectivity index (χ0) is 17.0. The predicted octanol–water partition coefficient (Wildman–Crippen LogP) is 7.72. The van der Waals surface area contributed by atoms with Crippen LogP contribution in [0.4, 0.5) is 0 Å². The molecule has 0 fully saturated rings. The molecule has 0 radical (unpaired) electrons. The second kappa shape index (κ2) is 8.03. The Bertz CT molecular complexity index is 676. The Morgan fingerprint density at radius 1 is 0.750 bits per heavy atom. The minimum absolute atomic E-state index is 0.247. The molecular formula is C23H29I. The van der Waals surface area contributed by atoms with Gasteiger partial charge in [0.05, 0.1) is 0 Å². The monoisotopic (exact) mass is 432 g/mol. The first kappa shape index (κ1) is 18.0. The second-order valence-corrected chi connectivity index (χ2v) is 8.48. The molecule has 1 heteroatoms. The molecule has 128 valence electrons. The van der Waals surface area contributed by atoms with Crippen LogP contribution in [0.1, 0.15) is 76.3 Å². The van der Waals surface area contributed by atoms with Crippen molar-refractivity contribution >= 4 is 22.6 Å². The van der Waals surface area contributed by atoms with Crippen molar-refractivity contribution < 1.29 is 0 Å². The summed E-state index contributed by atoms with van der Waals surface area (Å²) in [5.41, 5.74) is 6.41. The van der Waals surface area contributed by atoms with Gasteiger partial charge in [0.2, 0.25) is 0 Å². The number of rotatable bonds is 8. The summed E-state index contributed by atoms with van der Waals surface area (Å²) < 4.78 is 1.37. The lowest BCUT2D eigenvalue weighted by atomic mass is 9.71. The van der Waals surface area contributed by atoms with Gasteiger partial charge < -0.3 is 0 Å². The van der Waals surface area contributed by atoms with Crippen molar-refractivity contribution in [3.05, 3.63) is 57.2 Å². The lowest BCUT2D eigenvalue weighted by Gasteiger charge is -2.33. The molecule has 1 aliphatic rings. The Kier molecular flexibility index (Phi) is 6.02. The molecule has 0 bridgehead atoms. The summed E-state index contributed by atoms with van der Waals surface area (Å²) in [6.07, 6.45) is 10.6. The number of unbranched alkanes of at least 4 members (excludes halogenated alkanes) is 4. The second-order valence-electron chi connectivity index (χ2n) is 7.23. The van der Waals surface area contributed by atoms with Gasteiger partial charge >= 0.3 is 0 Å². The van der Waals surface area contributed by atoms with Gasteiger partial charge in [-0.3, -0.25) is 0 Å². The molecule has 0 nitrogen and oxygen atoms in total. The number of fused-ring (bicyclic) bond motifs is 3. The summed E-state index contributed by atoms with van der Waals surface area (Å²) in [7, 11) is 0. The van der Waals surface area contributed by atoms with Crippen molar-refractivity contribution in [2.24, 2.45) is 0 Å². The number of benzene rings is 2. The van der Waals surface area contributed by atoms with E-state index in [0.29, 0.717) is 0 Å². The summed E-state index contributed by atoms with van der Waals surface area (Å²) in [5, 5.41) is 0. The normalized spacial score (nSPS) is 14.5. The molecule has 0 N–H and O–H groups in total. The fourth-order valence-corrected chi connectivity index (χ4v) is 4.94. The van der Waals surface area contributed by atoms with Crippen LogP contribution in [0.5, 0.6) is 0 Å². The van der Waals surface area contributed by atoms with E-state index >= 15 is 0 Å². The highest BCUT2D eigenvalue weighted by atomic mass is 127. The maximum Gasteiger partial charge on any atom is 0.0215 e. The quantitative estimate of drug-likeness (QED) is 0.296. The molecule has 2 aromatic rings. The van der Waals surface area contributed by atoms with Gasteiger partial charge in [-0.1, -0.05) is 82.7 Å². The molecular weight excluding hydrogens is 403 g/mol. The molecule has 0 unspecified atom stereocenters. The Morgan fingerprint density at radius 3 is 2.04 bits per heavy atom. The molecule has 0 saturated heterocycles. The van der Waals surface area contributed by atoms with Crippen LogP contribution in [-0.4, -0.2) is 0 Å². The van der Waals surface area contributed by atoms with Crippen LogP contribution in [0.2, 0.25) is 0 Å². The highest BCUT2D eigenvalue weighted by Gasteiger charge is 2.41. The van der Waals surface area contributed by atoms with Crippen LogP contribution < -0.4 is 0 Å². The molecule has 0 heterocycles. The van der Waals surface area contributed by atoms with Gasteiger partial charge in [-0.25, -0.2) is 0 Å². The first-order chi connectivity index (χ1) is 11.7. The minimum Gasteiger partial charge on any atom is -0.0654 e. The molecule has 0 spiro atoms. The van der Waals surface area contributed by atoms with Gasteiger partial charge in [0.25, 0.3) is 0 Å². The van der Waals surface area contributed by atoms with Crippen molar-refractivity contribution in [3.8, 4) is 11.1 Å². The van der Waals surface area contributed by atoms with Gasteiger partial charge in [0, 0.05) is 8.99 Å². The maximum atomic E-state index is 2.48. The van der Waals surface area contributed by atoms with Crippen molar-refractivity contribution in [2.75, 3.05) is 0 Å². The Morgan fingerprint density at radius 2 is 1.38 bits per heavy atom. The maximum absolute atomic E-state index is 2.48. The molecule has 0 atom stereocenters. The molecule has 0 saturated carbocycles. The van der Waals surface area contributed by atoms with E-state index in [0.717, 1.165) is 0 Å². The molecule has 0 amide bonds. The van der Waals surface area contributed by atoms with Gasteiger partial charge in [0.1, 0.15) is 0 Å². The highest BCUT2D eigenvalue weighted by molar-refractivity contribution is 14.1. The Labute approximate surface area is 161 Å². The zero-order valence-corrected chi connectivity index (χ0v) is 17.2. The predicted molar refractivity (Wildman–Crippen MR) is 114 cm³/mol. The van der Waals surface area contributed by atoms with Crippen LogP contribution in [0.15, 0.2) is 42.5 Å². The first-order valence-corrected chi connectivity index (χ1v) is 10.7. The molecule has 2 aromatic carbocycles. The van der Waals surface area contributed by atoms with E-state index in [1.807, 2.05) is 0 Å². The molecule has 0 aromatic heterocycles. The van der Waals surface area contributed by atoms with Crippen molar-refractivity contribution in [2.45, 2.75) is 70.6 Å². The van der Waals surface area contributed by atoms with Crippen molar-refractivity contribution in [3.63, 3.8) is 0 Å². The molecule has 24 heavy (non-hydrogen) atoms. The largest absolute Gasteiger partial charge is 0.0654 e. The highest BCUT2D eigenvalue weighted by Crippen LogP contribution is 2.54. The topological polar surface area (TPSA) is 0 Å². The summed E-state index contributed by atoms with van der Waals surface area (Å²) in [4.78, 5) is 0. The molecule has 3 rings (SSSR count). The number of halogens is 1. The van der Waals surface area contributed by atoms with Crippen LogP contribution in [0.25, 0.3) is 11.1 Å². The molecule has 0 aliphatic heterocycles. The summed E-state index contributed by atoms with van der Waals surface area (Å²) >= 11 is 2.48. The first-order valence-electron chi connectivity index (χ1n) is 9.63. The number of hydrogen-bond acceptors (Lipinski definition) is 0. The van der Waals surface area contributed by atoms with E-state index in [4.69, 9.17) is 0 Å². The van der Waals surface area contributed by atoms with E-state index in [-0.39, 0.29) is 5.41 Å². The third-order valence-electron chi connectivity index (χ3n) is 5.64. The zero-order valence-electron chi connectivity index (χ0n) is 15.1. The van der Waals surface area contributed by atoms with E-state index in [1.165, 1.54) is 66.1 Å². The van der Waals surface area contributed by atoms with Gasteiger partial charge in [-0.15, -0.1) is 0 Å². The fourth-order valence-electron chi connectivity index (χ4n) is 4.44. The lowest BCUT2D eigenvalue weighted by molar-refractivity contribution is 0.405. The average molecular weight is 432 g/mol. The SMILES string of the molecule is CCCCCC1(CCCCC)c2ccccc2-c2ccc(I)cc21. The lowest BCUT2D eigenvalue weighted by Crippen LogP contribution is -2.25. The van der Waals surface area contributed by atoms with E-state index in [1.54, 1.807) is 11.1 Å². The Hall–Kier alpha value is -0.830. The van der Waals surface area contributed by atoms with Crippen LogP contribution in [-0.2, 0) is 5.41 Å². The van der Waals surface area contributed by atoms with E-state index < -0.39 is 0 Å². The minimum atomic E-state index is 0.247. The van der Waals surface area contributed by atoms with Crippen molar-refractivity contribution in [1.29, 1.82) is 0 Å². The van der Waals surface area contributed by atoms with E-state index in [2.05, 4.69) is 78.9 Å². The average Bonchev–Trinajstić information content (AvgIpc) is 2.86. The van der Waals surface area contributed by atoms with Gasteiger partial charge in [-0.05, 0) is 69.8 Å². The van der Waals surface area contributed by atoms with Crippen LogP contribution >= 0.6 is 22.6 Å². The summed E-state index contributed by atoms with van der Waals surface area (Å²) in [5.74, 6) is 0. The standard InChI is InChI=1S/C23H29I/c1-3-5-9-15-23(16-10-6-4-2)21-12-8-7-11-19(21)20-14-13-18(24)17-22(20)23/h7-8,11-14,17H,3-6,9-10,15-16H2,1-2H3. The number of hydrogen-bond donors (Lipinski definition) is 0. The third-order valence-corrected chi connectivity index (χ3v) is 6.32. The van der Waals surface area contributed by atoms with Gasteiger partial charge in [0.15, 0.2) is 0 Å². The molecule has 1 aliphatic carbocycles. The van der Waals surface area contributed by atoms with E-state index in [9.17, 15) is 0 Å². The van der Waals surface area contributed by atoms with Crippen LogP contribution in [0, 0.1) is 3.57 Å². The smallest absolute Gasteiger partial charge is 0.0215 e. The fraction of sp³-hybridized carbons (Fsp3) is 0.478. The third kappa shape index (κ3) is 3.29. The van der Waals surface area contributed by atoms with Crippen molar-refractivity contribution in [1.82, 2.24) is 0 Å². The van der Waals surface area contributed by atoms with Crippen LogP contribution in [0.3, 0.4) is 0 Å². The van der Waals surface area contributed by atoms with Gasteiger partial charge in [-0.2, -0.15) is 0 Å². The summed E-state index contributed by atoms with van der Waals surface area (Å²) in [6, 6.07) is 16.3. The Balaban J connectivity index is 2.09.